The van der Waals surface area contributed by atoms with E-state index in [1.165, 1.54) is 9.21 Å². The van der Waals surface area contributed by atoms with Gasteiger partial charge in [0, 0.05) is 37.9 Å². The molecule has 2 amide bonds. The van der Waals surface area contributed by atoms with Crippen LogP contribution in [0.2, 0.25) is 5.02 Å². The van der Waals surface area contributed by atoms with E-state index in [9.17, 15) is 13.2 Å². The average molecular weight is 464 g/mol. The van der Waals surface area contributed by atoms with Gasteiger partial charge in [-0.1, -0.05) is 25.4 Å². The Morgan fingerprint density at radius 2 is 1.77 bits per heavy atom. The van der Waals surface area contributed by atoms with Gasteiger partial charge in [0.2, 0.25) is 10.0 Å². The van der Waals surface area contributed by atoms with Crippen molar-refractivity contribution in [2.75, 3.05) is 25.5 Å². The Morgan fingerprint density at radius 1 is 1.13 bits per heavy atom. The molecular formula is C21H26ClN5O3S. The Labute approximate surface area is 187 Å². The maximum Gasteiger partial charge on any atom is 0.321 e. The minimum absolute atomic E-state index is 0.210. The number of benzene rings is 2. The van der Waals surface area contributed by atoms with E-state index in [1.54, 1.807) is 49.5 Å². The number of aromatic nitrogens is 2. The fraction of sp³-hybridized carbons (Fsp3) is 0.333. The number of halogens is 1. The molecule has 0 spiro atoms. The molecule has 8 nitrogen and oxygen atoms in total. The number of aryl methyl sites for hydroxylation is 1. The number of fused-ring (bicyclic) bond motifs is 1. The first kappa shape index (κ1) is 23.1. The molecule has 0 saturated carbocycles. The monoisotopic (exact) mass is 463 g/mol. The van der Waals surface area contributed by atoms with Gasteiger partial charge in [-0.05, 0) is 42.5 Å². The van der Waals surface area contributed by atoms with Crippen LogP contribution >= 0.6 is 11.6 Å². The number of amides is 2. The lowest BCUT2D eigenvalue weighted by molar-refractivity contribution is 0.219. The van der Waals surface area contributed by atoms with Gasteiger partial charge in [0.1, 0.15) is 5.82 Å². The van der Waals surface area contributed by atoms with Crippen molar-refractivity contribution in [3.8, 4) is 0 Å². The first-order valence-corrected chi connectivity index (χ1v) is 11.7. The summed E-state index contributed by atoms with van der Waals surface area (Å²) in [5.74, 6) is 0.640. The molecule has 0 aliphatic rings. The Bertz CT molecular complexity index is 1190. The van der Waals surface area contributed by atoms with E-state index in [1.807, 2.05) is 25.5 Å². The molecular weight excluding hydrogens is 438 g/mol. The number of sulfonamides is 1. The summed E-state index contributed by atoms with van der Waals surface area (Å²) in [7, 11) is -0.0613. The standard InChI is InChI=1S/C21H26ClN5O3S/c1-5-27(6-2)31(29,30)17-11-12-19-18(13-17)24-20(26(19)4)14-25(3)21(28)23-16-9-7-15(22)8-10-16/h7-13H,5-6,14H2,1-4H3,(H,23,28). The van der Waals surface area contributed by atoms with Gasteiger partial charge in [-0.25, -0.2) is 18.2 Å². The average Bonchev–Trinajstić information content (AvgIpc) is 3.05. The highest BCUT2D eigenvalue weighted by molar-refractivity contribution is 7.89. The molecule has 31 heavy (non-hydrogen) atoms. The second kappa shape index (κ2) is 9.25. The Morgan fingerprint density at radius 3 is 2.39 bits per heavy atom. The smallest absolute Gasteiger partial charge is 0.321 e. The molecule has 0 aliphatic carbocycles. The maximum absolute atomic E-state index is 12.8. The quantitative estimate of drug-likeness (QED) is 0.575. The third kappa shape index (κ3) is 4.84. The van der Waals surface area contributed by atoms with Crippen molar-refractivity contribution in [1.82, 2.24) is 18.8 Å². The molecule has 0 radical (unpaired) electrons. The van der Waals surface area contributed by atoms with Crippen LogP contribution in [0, 0.1) is 0 Å². The van der Waals surface area contributed by atoms with Crippen molar-refractivity contribution in [2.45, 2.75) is 25.3 Å². The second-order valence-corrected chi connectivity index (χ2v) is 9.49. The topological polar surface area (TPSA) is 87.5 Å². The van der Waals surface area contributed by atoms with Crippen molar-refractivity contribution < 1.29 is 13.2 Å². The van der Waals surface area contributed by atoms with Crippen molar-refractivity contribution >= 4 is 44.4 Å². The largest absolute Gasteiger partial charge is 0.330 e. The van der Waals surface area contributed by atoms with E-state index in [2.05, 4.69) is 10.3 Å². The van der Waals surface area contributed by atoms with Gasteiger partial charge >= 0.3 is 6.03 Å². The minimum atomic E-state index is -3.57. The summed E-state index contributed by atoms with van der Waals surface area (Å²) in [6.45, 7) is 4.67. The number of urea groups is 1. The predicted octanol–water partition coefficient (Wildman–Crippen LogP) is 3.92. The highest BCUT2D eigenvalue weighted by Gasteiger charge is 2.23. The number of rotatable bonds is 7. The molecule has 0 aliphatic heterocycles. The minimum Gasteiger partial charge on any atom is -0.330 e. The predicted molar refractivity (Wildman–Crippen MR) is 123 cm³/mol. The van der Waals surface area contributed by atoms with Crippen molar-refractivity contribution in [2.24, 2.45) is 7.05 Å². The molecule has 1 N–H and O–H groups in total. The molecule has 10 heteroatoms. The van der Waals surface area contributed by atoms with Crippen molar-refractivity contribution in [3.05, 3.63) is 53.3 Å². The summed E-state index contributed by atoms with van der Waals surface area (Å²) < 4.78 is 28.9. The molecule has 0 saturated heterocycles. The van der Waals surface area contributed by atoms with Gasteiger partial charge < -0.3 is 14.8 Å². The summed E-state index contributed by atoms with van der Waals surface area (Å²) in [5, 5.41) is 3.39. The normalized spacial score (nSPS) is 11.8. The molecule has 0 bridgehead atoms. The lowest BCUT2D eigenvalue weighted by atomic mass is 10.3. The first-order valence-electron chi connectivity index (χ1n) is 9.90. The molecule has 3 rings (SSSR count). The van der Waals surface area contributed by atoms with Crippen LogP contribution in [-0.2, 0) is 23.6 Å². The lowest BCUT2D eigenvalue weighted by Crippen LogP contribution is -2.31. The highest BCUT2D eigenvalue weighted by atomic mass is 35.5. The van der Waals surface area contributed by atoms with Gasteiger partial charge in [0.15, 0.2) is 0 Å². The third-order valence-electron chi connectivity index (χ3n) is 5.11. The summed E-state index contributed by atoms with van der Waals surface area (Å²) >= 11 is 5.87. The van der Waals surface area contributed by atoms with Gasteiger partial charge in [0.05, 0.1) is 22.5 Å². The number of hydrogen-bond donors (Lipinski definition) is 1. The van der Waals surface area contributed by atoms with Crippen LogP contribution in [0.1, 0.15) is 19.7 Å². The van der Waals surface area contributed by atoms with E-state index < -0.39 is 10.0 Å². The van der Waals surface area contributed by atoms with E-state index in [0.29, 0.717) is 35.1 Å². The van der Waals surface area contributed by atoms with Crippen LogP contribution in [0.5, 0.6) is 0 Å². The summed E-state index contributed by atoms with van der Waals surface area (Å²) in [6.07, 6.45) is 0. The van der Waals surface area contributed by atoms with Gasteiger partial charge in [-0.2, -0.15) is 4.31 Å². The Balaban J connectivity index is 1.82. The second-order valence-electron chi connectivity index (χ2n) is 7.12. The zero-order chi connectivity index (χ0) is 22.8. The van der Waals surface area contributed by atoms with Crippen LogP contribution in [-0.4, -0.2) is 53.3 Å². The van der Waals surface area contributed by atoms with E-state index in [-0.39, 0.29) is 17.5 Å². The van der Waals surface area contributed by atoms with Crippen LogP contribution in [0.4, 0.5) is 10.5 Å². The number of nitrogens with zero attached hydrogens (tertiary/aromatic N) is 4. The maximum atomic E-state index is 12.8. The number of carbonyl (C=O) groups is 1. The van der Waals surface area contributed by atoms with Gasteiger partial charge in [0.25, 0.3) is 0 Å². The first-order chi connectivity index (χ1) is 14.7. The van der Waals surface area contributed by atoms with Crippen molar-refractivity contribution in [1.29, 1.82) is 0 Å². The number of carbonyl (C=O) groups excluding carboxylic acids is 1. The fourth-order valence-electron chi connectivity index (χ4n) is 3.28. The summed E-state index contributed by atoms with van der Waals surface area (Å²) in [5.41, 5.74) is 2.00. The number of anilines is 1. The van der Waals surface area contributed by atoms with Crippen LogP contribution in [0.3, 0.4) is 0 Å². The number of nitrogens with one attached hydrogen (secondary N) is 1. The van der Waals surface area contributed by atoms with Crippen LogP contribution in [0.15, 0.2) is 47.4 Å². The summed E-state index contributed by atoms with van der Waals surface area (Å²) in [4.78, 5) is 18.8. The Hall–Kier alpha value is -2.62. The zero-order valence-electron chi connectivity index (χ0n) is 18.0. The molecule has 1 heterocycles. The molecule has 0 unspecified atom stereocenters. The number of imidazole rings is 1. The molecule has 3 aromatic rings. The fourth-order valence-corrected chi connectivity index (χ4v) is 4.88. The van der Waals surface area contributed by atoms with Gasteiger partial charge in [-0.3, -0.25) is 0 Å². The van der Waals surface area contributed by atoms with E-state index in [4.69, 9.17) is 11.6 Å². The SMILES string of the molecule is CCN(CC)S(=O)(=O)c1ccc2c(c1)nc(CN(C)C(=O)Nc1ccc(Cl)cc1)n2C. The molecule has 0 atom stereocenters. The molecule has 0 fully saturated rings. The third-order valence-corrected chi connectivity index (χ3v) is 7.41. The molecule has 166 valence electrons. The zero-order valence-corrected chi connectivity index (χ0v) is 19.5. The van der Waals surface area contributed by atoms with Crippen molar-refractivity contribution in [3.63, 3.8) is 0 Å². The lowest BCUT2D eigenvalue weighted by Gasteiger charge is -2.18. The molecule has 2 aromatic carbocycles. The van der Waals surface area contributed by atoms with Gasteiger partial charge in [-0.15, -0.1) is 0 Å². The van der Waals surface area contributed by atoms with Crippen LogP contribution in [0.25, 0.3) is 11.0 Å². The number of hydrogen-bond acceptors (Lipinski definition) is 4. The summed E-state index contributed by atoms with van der Waals surface area (Å²) in [6, 6.07) is 11.5. The van der Waals surface area contributed by atoms with E-state index >= 15 is 0 Å². The van der Waals surface area contributed by atoms with Crippen LogP contribution < -0.4 is 5.32 Å². The van der Waals surface area contributed by atoms with E-state index in [0.717, 1.165) is 5.52 Å². The Kier molecular flexibility index (Phi) is 6.88. The highest BCUT2D eigenvalue weighted by Crippen LogP contribution is 2.23. The molecule has 1 aromatic heterocycles.